The lowest BCUT2D eigenvalue weighted by Crippen LogP contribution is -2.52. The first kappa shape index (κ1) is 20.5. The van der Waals surface area contributed by atoms with Crippen LogP contribution in [0, 0.1) is 3.57 Å². The lowest BCUT2D eigenvalue weighted by atomic mass is 10.2. The molecule has 1 saturated heterocycles. The molecule has 0 aliphatic carbocycles. The summed E-state index contributed by atoms with van der Waals surface area (Å²) in [7, 11) is 0. The molecular weight excluding hydrogens is 449 g/mol. The zero-order valence-corrected chi connectivity index (χ0v) is 17.4. The number of hydrogen-bond acceptors (Lipinski definition) is 4. The maximum absolute atomic E-state index is 12.6. The van der Waals surface area contributed by atoms with Gasteiger partial charge in [-0.2, -0.15) is 0 Å². The van der Waals surface area contributed by atoms with Gasteiger partial charge in [0.15, 0.2) is 0 Å². The van der Waals surface area contributed by atoms with E-state index in [0.29, 0.717) is 31.7 Å². The minimum Gasteiger partial charge on any atom is -0.444 e. The minimum absolute atomic E-state index is 0.0195. The fourth-order valence-corrected chi connectivity index (χ4v) is 3.16. The van der Waals surface area contributed by atoms with Gasteiger partial charge in [-0.05, 0) is 55.5 Å². The number of ether oxygens (including phenoxy) is 1. The van der Waals surface area contributed by atoms with Gasteiger partial charge < -0.3 is 19.9 Å². The summed E-state index contributed by atoms with van der Waals surface area (Å²) in [6.45, 7) is 7.02. The van der Waals surface area contributed by atoms with Crippen molar-refractivity contribution in [3.63, 3.8) is 0 Å². The van der Waals surface area contributed by atoms with Crippen LogP contribution in [0.5, 0.6) is 0 Å². The summed E-state index contributed by atoms with van der Waals surface area (Å²) < 4.78 is 6.02. The van der Waals surface area contributed by atoms with Gasteiger partial charge in [-0.1, -0.05) is 12.1 Å². The Morgan fingerprint density at radius 3 is 2.23 bits per heavy atom. The quantitative estimate of drug-likeness (QED) is 0.683. The highest BCUT2D eigenvalue weighted by atomic mass is 127. The molecule has 0 radical (unpaired) electrons. The van der Waals surface area contributed by atoms with Crippen molar-refractivity contribution in [3.8, 4) is 0 Å². The van der Waals surface area contributed by atoms with Crippen LogP contribution in [0.3, 0.4) is 0 Å². The molecule has 0 aromatic heterocycles. The standard InChI is InChI=1S/C18H24IN3O4/c1-18(2,3)26-17(25)20-12-15(23)21-8-10-22(11-9-21)16(24)13-6-4-5-7-14(13)19/h4-7H,8-12H2,1-3H3,(H,20,25). The number of carbonyl (C=O) groups excluding carboxylic acids is 3. The number of amides is 3. The molecule has 1 N–H and O–H groups in total. The van der Waals surface area contributed by atoms with Gasteiger partial charge in [0.2, 0.25) is 5.91 Å². The Labute approximate surface area is 167 Å². The summed E-state index contributed by atoms with van der Waals surface area (Å²) in [4.78, 5) is 39.8. The molecule has 1 aliphatic heterocycles. The fraction of sp³-hybridized carbons (Fsp3) is 0.500. The first-order chi connectivity index (χ1) is 12.2. The third kappa shape index (κ3) is 5.86. The van der Waals surface area contributed by atoms with Crippen molar-refractivity contribution in [2.75, 3.05) is 32.7 Å². The van der Waals surface area contributed by atoms with Crippen LogP contribution in [-0.2, 0) is 9.53 Å². The second kappa shape index (κ2) is 8.70. The summed E-state index contributed by atoms with van der Waals surface area (Å²) in [5.41, 5.74) is 0.0770. The van der Waals surface area contributed by atoms with Crippen LogP contribution in [-0.4, -0.2) is 66.0 Å². The third-order valence-electron chi connectivity index (χ3n) is 3.81. The Morgan fingerprint density at radius 2 is 1.65 bits per heavy atom. The third-order valence-corrected chi connectivity index (χ3v) is 4.75. The first-order valence-electron chi connectivity index (χ1n) is 8.46. The summed E-state index contributed by atoms with van der Waals surface area (Å²) >= 11 is 2.15. The van der Waals surface area contributed by atoms with Crippen LogP contribution < -0.4 is 5.32 Å². The molecule has 0 bridgehead atoms. The van der Waals surface area contributed by atoms with Gasteiger partial charge in [0, 0.05) is 29.7 Å². The van der Waals surface area contributed by atoms with Crippen LogP contribution in [0.15, 0.2) is 24.3 Å². The van der Waals surface area contributed by atoms with Crippen LogP contribution in [0.4, 0.5) is 4.79 Å². The zero-order valence-electron chi connectivity index (χ0n) is 15.3. The Bertz CT molecular complexity index is 679. The Hall–Kier alpha value is -1.84. The van der Waals surface area contributed by atoms with Crippen molar-refractivity contribution < 1.29 is 19.1 Å². The van der Waals surface area contributed by atoms with E-state index in [1.807, 2.05) is 24.3 Å². The normalized spacial score (nSPS) is 14.8. The van der Waals surface area contributed by atoms with Crippen molar-refractivity contribution in [2.45, 2.75) is 26.4 Å². The molecule has 0 unspecified atom stereocenters. The van der Waals surface area contributed by atoms with Crippen LogP contribution >= 0.6 is 22.6 Å². The van der Waals surface area contributed by atoms with E-state index in [1.54, 1.807) is 30.6 Å². The molecule has 1 fully saturated rings. The molecule has 0 atom stereocenters. The zero-order chi connectivity index (χ0) is 19.3. The second-order valence-electron chi connectivity index (χ2n) is 7.01. The molecule has 2 rings (SSSR count). The highest BCUT2D eigenvalue weighted by Crippen LogP contribution is 2.15. The van der Waals surface area contributed by atoms with E-state index >= 15 is 0 Å². The summed E-state index contributed by atoms with van der Waals surface area (Å²) in [6.07, 6.45) is -0.613. The van der Waals surface area contributed by atoms with Crippen molar-refractivity contribution in [1.82, 2.24) is 15.1 Å². The number of nitrogens with one attached hydrogen (secondary N) is 1. The SMILES string of the molecule is CC(C)(C)OC(=O)NCC(=O)N1CCN(C(=O)c2ccccc2I)CC1. The maximum Gasteiger partial charge on any atom is 0.408 e. The lowest BCUT2D eigenvalue weighted by Gasteiger charge is -2.35. The van der Waals surface area contributed by atoms with Crippen molar-refractivity contribution in [3.05, 3.63) is 33.4 Å². The smallest absolute Gasteiger partial charge is 0.408 e. The number of hydrogen-bond donors (Lipinski definition) is 1. The van der Waals surface area contributed by atoms with Gasteiger partial charge in [-0.15, -0.1) is 0 Å². The van der Waals surface area contributed by atoms with Crippen LogP contribution in [0.2, 0.25) is 0 Å². The average Bonchev–Trinajstić information content (AvgIpc) is 2.58. The van der Waals surface area contributed by atoms with Gasteiger partial charge in [-0.25, -0.2) is 4.79 Å². The van der Waals surface area contributed by atoms with Crippen molar-refractivity contribution >= 4 is 40.5 Å². The van der Waals surface area contributed by atoms with Crippen LogP contribution in [0.1, 0.15) is 31.1 Å². The number of rotatable bonds is 3. The Balaban J connectivity index is 1.81. The fourth-order valence-electron chi connectivity index (χ4n) is 2.54. The van der Waals surface area contributed by atoms with Gasteiger partial charge in [0.1, 0.15) is 12.1 Å². The number of carbonyl (C=O) groups is 3. The first-order valence-corrected chi connectivity index (χ1v) is 9.53. The monoisotopic (exact) mass is 473 g/mol. The van der Waals surface area contributed by atoms with Crippen molar-refractivity contribution in [1.29, 1.82) is 0 Å². The number of benzene rings is 1. The minimum atomic E-state index is -0.613. The number of alkyl carbamates (subject to hydrolysis) is 1. The molecule has 1 heterocycles. The number of nitrogens with zero attached hydrogens (tertiary/aromatic N) is 2. The summed E-state index contributed by atoms with van der Waals surface area (Å²) in [5, 5.41) is 2.47. The van der Waals surface area contributed by atoms with E-state index in [4.69, 9.17) is 4.74 Å². The molecule has 26 heavy (non-hydrogen) atoms. The van der Waals surface area contributed by atoms with Crippen molar-refractivity contribution in [2.24, 2.45) is 0 Å². The molecule has 142 valence electrons. The lowest BCUT2D eigenvalue weighted by molar-refractivity contribution is -0.131. The Morgan fingerprint density at radius 1 is 1.08 bits per heavy atom. The van der Waals surface area contributed by atoms with E-state index in [1.165, 1.54) is 0 Å². The topological polar surface area (TPSA) is 79.0 Å². The van der Waals surface area contributed by atoms with E-state index in [9.17, 15) is 14.4 Å². The van der Waals surface area contributed by atoms with E-state index in [-0.39, 0.29) is 18.4 Å². The highest BCUT2D eigenvalue weighted by Gasteiger charge is 2.26. The van der Waals surface area contributed by atoms with Gasteiger partial charge in [0.05, 0.1) is 5.56 Å². The molecule has 8 heteroatoms. The largest absolute Gasteiger partial charge is 0.444 e. The molecule has 1 aromatic carbocycles. The molecule has 7 nitrogen and oxygen atoms in total. The highest BCUT2D eigenvalue weighted by molar-refractivity contribution is 14.1. The predicted molar refractivity (Wildman–Crippen MR) is 106 cm³/mol. The molecule has 1 aliphatic rings. The molecule has 0 spiro atoms. The molecule has 1 aromatic rings. The molecule has 0 saturated carbocycles. The van der Waals surface area contributed by atoms with Crippen LogP contribution in [0.25, 0.3) is 0 Å². The maximum atomic E-state index is 12.6. The second-order valence-corrected chi connectivity index (χ2v) is 8.17. The van der Waals surface area contributed by atoms with Gasteiger partial charge in [-0.3, -0.25) is 9.59 Å². The Kier molecular flexibility index (Phi) is 6.85. The van der Waals surface area contributed by atoms with Gasteiger partial charge in [0.25, 0.3) is 5.91 Å². The summed E-state index contributed by atoms with van der Waals surface area (Å²) in [5.74, 6) is -0.203. The molecular formula is C18H24IN3O4. The van der Waals surface area contributed by atoms with E-state index in [0.717, 1.165) is 3.57 Å². The number of piperazine rings is 1. The average molecular weight is 473 g/mol. The molecule has 3 amide bonds. The predicted octanol–water partition coefficient (Wildman–Crippen LogP) is 2.10. The number of halogens is 1. The summed E-state index contributed by atoms with van der Waals surface area (Å²) in [6, 6.07) is 7.45. The van der Waals surface area contributed by atoms with Gasteiger partial charge >= 0.3 is 6.09 Å². The van der Waals surface area contributed by atoms with E-state index in [2.05, 4.69) is 27.9 Å². The van der Waals surface area contributed by atoms with E-state index < -0.39 is 11.7 Å².